The molecule has 6 radical (unpaired) electrons. The number of carboxylic acids is 1. The van der Waals surface area contributed by atoms with E-state index < -0.39 is 17.0 Å². The molecule has 0 aromatic heterocycles. The van der Waals surface area contributed by atoms with Crippen LogP contribution in [0.5, 0.6) is 0 Å². The lowest BCUT2D eigenvalue weighted by molar-refractivity contribution is 0.0696. The van der Waals surface area contributed by atoms with Crippen LogP contribution in [-0.2, 0) is 0 Å². The molecule has 316 valence electrons. The van der Waals surface area contributed by atoms with Gasteiger partial charge in [-0.1, -0.05) is 0 Å². The minimum absolute atomic E-state index is 0.0925. The van der Waals surface area contributed by atoms with Gasteiger partial charge in [-0.25, -0.2) is 4.79 Å². The number of hydrogen-bond acceptors (Lipinski definition) is 10. The summed E-state index contributed by atoms with van der Waals surface area (Å²) in [6.45, 7) is 8.06. The van der Waals surface area contributed by atoms with Crippen LogP contribution in [0, 0.1) is 0 Å². The molecule has 21 heteroatoms. The van der Waals surface area contributed by atoms with E-state index in [9.17, 15) is 28.8 Å². The van der Waals surface area contributed by atoms with Gasteiger partial charge in [0.1, 0.15) is 0 Å². The summed E-state index contributed by atoms with van der Waals surface area (Å²) in [4.78, 5) is 77.4. The monoisotopic (exact) mass is 878 g/mol. The molecule has 60 heavy (non-hydrogen) atoms. The number of carbonyl (C=O) groups is 6. The van der Waals surface area contributed by atoms with E-state index in [1.54, 1.807) is 70.3 Å². The summed E-state index contributed by atoms with van der Waals surface area (Å²) in [7, 11) is 18.8. The average Bonchev–Trinajstić information content (AvgIpc) is 3.27. The number of benzene rings is 3. The van der Waals surface area contributed by atoms with Gasteiger partial charge in [0.2, 0.25) is 23.5 Å². The molecular formula is C39H48B3Cl3N8O7. The van der Waals surface area contributed by atoms with Crippen LogP contribution in [-0.4, -0.2) is 176 Å². The zero-order chi connectivity index (χ0) is 44.8. The third-order valence-electron chi connectivity index (χ3n) is 9.43. The molecule has 0 saturated carbocycles. The van der Waals surface area contributed by atoms with Crippen LogP contribution in [0.25, 0.3) is 0 Å². The molecule has 0 bridgehead atoms. The third-order valence-corrected chi connectivity index (χ3v) is 9.65. The normalized spacial score (nSPS) is 14.6. The summed E-state index contributed by atoms with van der Waals surface area (Å²) in [6.07, 6.45) is 0. The van der Waals surface area contributed by atoms with Crippen LogP contribution in [0.1, 0.15) is 31.1 Å². The number of nitrogens with two attached hydrogens (primary N) is 1. The van der Waals surface area contributed by atoms with Gasteiger partial charge in [0.05, 0.1) is 10.9 Å². The van der Waals surface area contributed by atoms with Crippen molar-refractivity contribution < 1.29 is 33.9 Å². The number of hydrogen-bond donors (Lipinski definition) is 3. The standard InChI is InChI=1S/C13H16BN3O2.C12H12BClN2O2.C12H13BN2O3.CH2Cl2.CH5N/c1-15-12(18)10-2-4-11(5-3-10)16-6-8-17(9-7-16)13(14)19;13-12(18)16-7-5-15(6-8-16)10-3-1-9(2-4-10)11(14)17;13-12(18)15-7-5-14(6-8-15)10-3-1-9(2-4-10)11(16)17;2-1-3;1-2/h2-5H,6-9H2,1H3,(H,15,18);1-4H,5-8H2;1-4H,5-8H2,(H,16,17);1H2;2H2,1H3. The molecule has 0 atom stereocenters. The second kappa shape index (κ2) is 27.1. The summed E-state index contributed by atoms with van der Waals surface area (Å²) in [6, 6.07) is 21.3. The first kappa shape index (κ1) is 51.2. The number of piperazine rings is 3. The van der Waals surface area contributed by atoms with Gasteiger partial charge < -0.3 is 45.6 Å². The van der Waals surface area contributed by atoms with Gasteiger partial charge >= 0.3 is 5.97 Å². The summed E-state index contributed by atoms with van der Waals surface area (Å²) in [5.74, 6) is -2.16. The zero-order valence-electron chi connectivity index (χ0n) is 33.6. The van der Waals surface area contributed by atoms with Crippen molar-refractivity contribution in [1.82, 2.24) is 20.0 Å². The Labute approximate surface area is 370 Å². The molecule has 3 fully saturated rings. The van der Waals surface area contributed by atoms with Gasteiger partial charge in [-0.05, 0) is 91.4 Å². The number of amides is 4. The van der Waals surface area contributed by atoms with Crippen LogP contribution in [0.4, 0.5) is 31.4 Å². The van der Waals surface area contributed by atoms with Crippen LogP contribution in [0.15, 0.2) is 72.8 Å². The van der Waals surface area contributed by atoms with Gasteiger partial charge in [0, 0.05) is 114 Å². The summed E-state index contributed by atoms with van der Waals surface area (Å²) >= 11 is 14.9. The predicted molar refractivity (Wildman–Crippen MR) is 241 cm³/mol. The zero-order valence-corrected chi connectivity index (χ0v) is 35.9. The van der Waals surface area contributed by atoms with Crippen molar-refractivity contribution >= 4 is 110 Å². The Morgan fingerprint density at radius 3 is 1.00 bits per heavy atom. The smallest absolute Gasteiger partial charge is 0.335 e. The average molecular weight is 880 g/mol. The fourth-order valence-electron chi connectivity index (χ4n) is 6.14. The molecule has 3 heterocycles. The maximum Gasteiger partial charge on any atom is 0.335 e. The highest BCUT2D eigenvalue weighted by atomic mass is 35.5. The van der Waals surface area contributed by atoms with Crippen LogP contribution in [0.3, 0.4) is 0 Å². The molecule has 3 aromatic rings. The lowest BCUT2D eigenvalue weighted by atomic mass is 10.1. The summed E-state index contributed by atoms with van der Waals surface area (Å²) < 4.78 is 0. The molecule has 4 amide bonds. The van der Waals surface area contributed by atoms with E-state index in [0.717, 1.165) is 43.2 Å². The van der Waals surface area contributed by atoms with E-state index in [-0.39, 0.29) is 28.4 Å². The predicted octanol–water partition coefficient (Wildman–Crippen LogP) is 3.72. The number of nitrogens with one attached hydrogen (secondary N) is 1. The Balaban J connectivity index is 0.000000294. The molecule has 0 aliphatic carbocycles. The molecule has 6 rings (SSSR count). The maximum atomic E-state index is 11.4. The number of alkyl halides is 2. The Bertz CT molecular complexity index is 1740. The Morgan fingerprint density at radius 2 is 0.783 bits per heavy atom. The van der Waals surface area contributed by atoms with E-state index in [1.807, 2.05) is 24.3 Å². The first-order chi connectivity index (χ1) is 28.7. The number of carboxylic acid groups (broad SMARTS) is 1. The van der Waals surface area contributed by atoms with E-state index in [1.165, 1.54) is 7.05 Å². The van der Waals surface area contributed by atoms with E-state index >= 15 is 0 Å². The topological polar surface area (TPSA) is 180 Å². The fourth-order valence-corrected chi connectivity index (χ4v) is 6.27. The number of carbonyl (C=O) groups excluding carboxylic acids is 5. The van der Waals surface area contributed by atoms with Crippen molar-refractivity contribution in [3.8, 4) is 0 Å². The number of rotatable bonds is 6. The first-order valence-electron chi connectivity index (χ1n) is 18.7. The van der Waals surface area contributed by atoms with Gasteiger partial charge in [0.15, 0.2) is 17.4 Å². The lowest BCUT2D eigenvalue weighted by Crippen LogP contribution is -2.48. The van der Waals surface area contributed by atoms with Gasteiger partial charge in [-0.15, -0.1) is 23.2 Å². The quantitative estimate of drug-likeness (QED) is 0.187. The van der Waals surface area contributed by atoms with Crippen molar-refractivity contribution in [1.29, 1.82) is 0 Å². The minimum Gasteiger partial charge on any atom is -0.478 e. The Kier molecular flexibility index (Phi) is 23.1. The molecular weight excluding hydrogens is 831 g/mol. The van der Waals surface area contributed by atoms with Crippen molar-refractivity contribution in [3.63, 3.8) is 0 Å². The molecule has 3 aliphatic heterocycles. The third kappa shape index (κ3) is 16.6. The van der Waals surface area contributed by atoms with Gasteiger partial charge in [-0.2, -0.15) is 0 Å². The minimum atomic E-state index is -0.930. The van der Waals surface area contributed by atoms with Crippen molar-refractivity contribution in [2.75, 3.05) is 113 Å². The molecule has 3 aromatic carbocycles. The van der Waals surface area contributed by atoms with E-state index in [0.29, 0.717) is 63.5 Å². The summed E-state index contributed by atoms with van der Waals surface area (Å²) in [5, 5.41) is 11.1. The van der Waals surface area contributed by atoms with E-state index in [4.69, 9.17) is 63.4 Å². The lowest BCUT2D eigenvalue weighted by Gasteiger charge is -2.36. The second-order valence-corrected chi connectivity index (χ2v) is 14.0. The summed E-state index contributed by atoms with van der Waals surface area (Å²) in [5.41, 5.74) is 8.93. The van der Waals surface area contributed by atoms with Gasteiger partial charge in [-0.3, -0.25) is 24.0 Å². The molecule has 4 N–H and O–H groups in total. The first-order valence-corrected chi connectivity index (χ1v) is 20.2. The molecule has 3 aliphatic rings. The SMILES string of the molecule is CN.ClCCl.[B]C(=O)N1CCN(c2ccc(C(=O)Cl)cc2)CC1.[B]C(=O)N1CCN(c2ccc(C(=O)NC)cc2)CC1.[B]C(=O)N1CCN(c2ccc(C(=O)O)cc2)CC1. The highest BCUT2D eigenvalue weighted by Crippen LogP contribution is 2.20. The fraction of sp³-hybridized carbons (Fsp3) is 0.385. The van der Waals surface area contributed by atoms with E-state index in [2.05, 4.69) is 25.8 Å². The Hall–Kier alpha value is -4.90. The molecule has 0 spiro atoms. The van der Waals surface area contributed by atoms with Crippen molar-refractivity contribution in [2.45, 2.75) is 0 Å². The highest BCUT2D eigenvalue weighted by molar-refractivity contribution is 6.67. The van der Waals surface area contributed by atoms with Crippen LogP contribution >= 0.6 is 34.8 Å². The second-order valence-electron chi connectivity index (χ2n) is 12.8. The van der Waals surface area contributed by atoms with Crippen LogP contribution < -0.4 is 25.8 Å². The molecule has 0 unspecified atom stereocenters. The van der Waals surface area contributed by atoms with Crippen molar-refractivity contribution in [2.24, 2.45) is 5.73 Å². The van der Waals surface area contributed by atoms with Crippen LogP contribution in [0.2, 0.25) is 0 Å². The number of halogens is 3. The van der Waals surface area contributed by atoms with Gasteiger partial charge in [0.25, 0.3) is 11.1 Å². The molecule has 3 saturated heterocycles. The Morgan fingerprint density at radius 1 is 0.533 bits per heavy atom. The largest absolute Gasteiger partial charge is 0.478 e. The van der Waals surface area contributed by atoms with Crippen molar-refractivity contribution in [3.05, 3.63) is 89.5 Å². The highest BCUT2D eigenvalue weighted by Gasteiger charge is 2.21. The maximum absolute atomic E-state index is 11.4. The number of nitrogens with zero attached hydrogens (tertiary/aromatic N) is 6. The number of anilines is 3. The number of aromatic carboxylic acids is 1. The molecule has 15 nitrogen and oxygen atoms in total.